The fourth-order valence-electron chi connectivity index (χ4n) is 4.29. The van der Waals surface area contributed by atoms with Gasteiger partial charge in [0.2, 0.25) is 0 Å². The van der Waals surface area contributed by atoms with E-state index in [9.17, 15) is 0 Å². The van der Waals surface area contributed by atoms with Crippen LogP contribution in [-0.2, 0) is 13.0 Å². The average Bonchev–Trinajstić information content (AvgIpc) is 2.48. The molecule has 1 atom stereocenters. The van der Waals surface area contributed by atoms with Crippen LogP contribution in [0, 0.1) is 5.92 Å². The van der Waals surface area contributed by atoms with Gasteiger partial charge in [0.05, 0.1) is 0 Å². The van der Waals surface area contributed by atoms with E-state index in [0.717, 1.165) is 30.6 Å². The Balaban J connectivity index is 1.56. The summed E-state index contributed by atoms with van der Waals surface area (Å²) in [5.74, 6) is 0.938. The van der Waals surface area contributed by atoms with Crippen LogP contribution < -0.4 is 5.73 Å². The zero-order chi connectivity index (χ0) is 12.8. The lowest BCUT2D eigenvalue weighted by atomic mass is 9.82. The molecule has 4 heterocycles. The molecule has 5 rings (SSSR count). The van der Waals surface area contributed by atoms with E-state index in [-0.39, 0.29) is 0 Å². The minimum Gasteiger partial charge on any atom is -0.398 e. The summed E-state index contributed by atoms with van der Waals surface area (Å²) < 4.78 is 0. The van der Waals surface area contributed by atoms with Gasteiger partial charge in [-0.1, -0.05) is 12.1 Å². The molecular weight excluding hydrogens is 234 g/mol. The first-order chi connectivity index (χ1) is 9.31. The van der Waals surface area contributed by atoms with E-state index in [4.69, 9.17) is 5.73 Å². The molecule has 3 fully saturated rings. The third-order valence-electron chi connectivity index (χ3n) is 5.42. The molecule has 1 aromatic rings. The Hall–Kier alpha value is -1.06. The van der Waals surface area contributed by atoms with Gasteiger partial charge in [-0.15, -0.1) is 0 Å². The van der Waals surface area contributed by atoms with E-state index in [1.54, 1.807) is 0 Å². The number of hydrogen-bond acceptors (Lipinski definition) is 3. The number of hydrogen-bond donors (Lipinski definition) is 1. The molecule has 3 nitrogen and oxygen atoms in total. The molecule has 4 aliphatic rings. The second-order valence-electron chi connectivity index (χ2n) is 6.41. The molecule has 4 aliphatic heterocycles. The number of nitrogens with two attached hydrogens (primary N) is 1. The van der Waals surface area contributed by atoms with Gasteiger partial charge in [0.15, 0.2) is 0 Å². The van der Waals surface area contributed by atoms with Gasteiger partial charge in [0.25, 0.3) is 0 Å². The lowest BCUT2D eigenvalue weighted by Gasteiger charge is -2.50. The molecule has 102 valence electrons. The summed E-state index contributed by atoms with van der Waals surface area (Å²) in [6.07, 6.45) is 3.95. The van der Waals surface area contributed by atoms with Crippen molar-refractivity contribution in [2.45, 2.75) is 31.8 Å². The molecule has 0 radical (unpaired) electrons. The van der Waals surface area contributed by atoms with Gasteiger partial charge in [-0.25, -0.2) is 0 Å². The first-order valence-corrected chi connectivity index (χ1v) is 7.64. The van der Waals surface area contributed by atoms with Crippen molar-refractivity contribution in [3.63, 3.8) is 0 Å². The Kier molecular flexibility index (Phi) is 2.78. The average molecular weight is 257 g/mol. The summed E-state index contributed by atoms with van der Waals surface area (Å²) in [6.45, 7) is 6.25. The lowest BCUT2D eigenvalue weighted by molar-refractivity contribution is -0.000775. The fourth-order valence-corrected chi connectivity index (χ4v) is 4.29. The fraction of sp³-hybridized carbons (Fsp3) is 0.625. The first-order valence-electron chi connectivity index (χ1n) is 7.64. The van der Waals surface area contributed by atoms with E-state index in [0.29, 0.717) is 0 Å². The van der Waals surface area contributed by atoms with Crippen molar-refractivity contribution in [1.29, 1.82) is 0 Å². The van der Waals surface area contributed by atoms with Crippen molar-refractivity contribution in [3.8, 4) is 0 Å². The van der Waals surface area contributed by atoms with Crippen LogP contribution in [0.3, 0.4) is 0 Å². The van der Waals surface area contributed by atoms with Gasteiger partial charge < -0.3 is 10.6 Å². The molecule has 0 aromatic heterocycles. The van der Waals surface area contributed by atoms with Gasteiger partial charge in [0, 0.05) is 31.4 Å². The standard InChI is InChI=1S/C16H23N3/c17-15-3-1-2-13-10-19(9-6-14(13)15)16-11-18-7-4-12(16)5-8-18/h1-3,12,16H,4-11,17H2. The molecular formula is C16H23N3. The molecule has 3 heteroatoms. The maximum Gasteiger partial charge on any atom is 0.0350 e. The van der Waals surface area contributed by atoms with Gasteiger partial charge in [0.1, 0.15) is 0 Å². The Morgan fingerprint density at radius 1 is 1.11 bits per heavy atom. The topological polar surface area (TPSA) is 32.5 Å². The van der Waals surface area contributed by atoms with Crippen LogP contribution in [0.4, 0.5) is 5.69 Å². The summed E-state index contributed by atoms with van der Waals surface area (Å²) >= 11 is 0. The monoisotopic (exact) mass is 257 g/mol. The Labute approximate surface area is 115 Å². The van der Waals surface area contributed by atoms with Crippen molar-refractivity contribution in [1.82, 2.24) is 9.80 Å². The van der Waals surface area contributed by atoms with Crippen LogP contribution in [0.1, 0.15) is 24.0 Å². The summed E-state index contributed by atoms with van der Waals surface area (Å²) in [5.41, 5.74) is 9.95. The minimum absolute atomic E-state index is 0.789. The SMILES string of the molecule is Nc1cccc2c1CCN(C1CN3CCC1CC3)C2. The molecule has 0 aliphatic carbocycles. The highest BCUT2D eigenvalue weighted by atomic mass is 15.3. The van der Waals surface area contributed by atoms with Gasteiger partial charge in [-0.05, 0) is 55.5 Å². The van der Waals surface area contributed by atoms with Crippen LogP contribution in [0.25, 0.3) is 0 Å². The van der Waals surface area contributed by atoms with E-state index in [1.807, 2.05) is 6.07 Å². The molecule has 0 amide bonds. The molecule has 2 bridgehead atoms. The molecule has 0 spiro atoms. The Morgan fingerprint density at radius 3 is 2.68 bits per heavy atom. The van der Waals surface area contributed by atoms with E-state index < -0.39 is 0 Å². The van der Waals surface area contributed by atoms with Crippen molar-refractivity contribution in [2.24, 2.45) is 5.92 Å². The van der Waals surface area contributed by atoms with Crippen molar-refractivity contribution >= 4 is 5.69 Å². The highest BCUT2D eigenvalue weighted by Gasteiger charge is 2.38. The predicted molar refractivity (Wildman–Crippen MR) is 77.9 cm³/mol. The molecule has 3 saturated heterocycles. The van der Waals surface area contributed by atoms with E-state index >= 15 is 0 Å². The van der Waals surface area contributed by atoms with Crippen molar-refractivity contribution < 1.29 is 0 Å². The third-order valence-corrected chi connectivity index (χ3v) is 5.42. The second kappa shape index (κ2) is 4.50. The smallest absolute Gasteiger partial charge is 0.0350 e. The zero-order valence-corrected chi connectivity index (χ0v) is 11.5. The number of nitrogen functional groups attached to an aromatic ring is 1. The predicted octanol–water partition coefficient (Wildman–Crippen LogP) is 1.72. The summed E-state index contributed by atoms with van der Waals surface area (Å²) in [6, 6.07) is 7.20. The van der Waals surface area contributed by atoms with Gasteiger partial charge >= 0.3 is 0 Å². The number of piperidine rings is 3. The largest absolute Gasteiger partial charge is 0.398 e. The second-order valence-corrected chi connectivity index (χ2v) is 6.41. The van der Waals surface area contributed by atoms with E-state index in [2.05, 4.69) is 21.9 Å². The van der Waals surface area contributed by atoms with Crippen LogP contribution in [0.2, 0.25) is 0 Å². The Bertz CT molecular complexity index is 477. The highest BCUT2D eigenvalue weighted by molar-refractivity contribution is 5.51. The van der Waals surface area contributed by atoms with E-state index in [1.165, 1.54) is 50.1 Å². The lowest BCUT2D eigenvalue weighted by Crippen LogP contribution is -2.58. The van der Waals surface area contributed by atoms with Crippen LogP contribution in [0.15, 0.2) is 18.2 Å². The van der Waals surface area contributed by atoms with Crippen molar-refractivity contribution in [2.75, 3.05) is 31.9 Å². The summed E-state index contributed by atoms with van der Waals surface area (Å²) in [5, 5.41) is 0. The number of benzene rings is 1. The highest BCUT2D eigenvalue weighted by Crippen LogP contribution is 2.34. The zero-order valence-electron chi connectivity index (χ0n) is 11.5. The maximum absolute atomic E-state index is 6.10. The van der Waals surface area contributed by atoms with Crippen molar-refractivity contribution in [3.05, 3.63) is 29.3 Å². The van der Waals surface area contributed by atoms with Crippen LogP contribution in [0.5, 0.6) is 0 Å². The van der Waals surface area contributed by atoms with Gasteiger partial charge in [-0.2, -0.15) is 0 Å². The van der Waals surface area contributed by atoms with Crippen LogP contribution in [-0.4, -0.2) is 42.0 Å². The molecule has 19 heavy (non-hydrogen) atoms. The van der Waals surface area contributed by atoms with Gasteiger partial charge in [-0.3, -0.25) is 4.90 Å². The number of rotatable bonds is 1. The number of nitrogens with zero attached hydrogens (tertiary/aromatic N) is 2. The summed E-state index contributed by atoms with van der Waals surface area (Å²) in [7, 11) is 0. The first kappa shape index (κ1) is 11.7. The molecule has 2 N–H and O–H groups in total. The quantitative estimate of drug-likeness (QED) is 0.778. The summed E-state index contributed by atoms with van der Waals surface area (Å²) in [4.78, 5) is 5.37. The van der Waals surface area contributed by atoms with Crippen LogP contribution >= 0.6 is 0 Å². The Morgan fingerprint density at radius 2 is 1.95 bits per heavy atom. The maximum atomic E-state index is 6.10. The molecule has 0 saturated carbocycles. The normalized spacial score (nSPS) is 34.2. The third kappa shape index (κ3) is 1.96. The number of fused-ring (bicyclic) bond motifs is 4. The minimum atomic E-state index is 0.789. The molecule has 1 unspecified atom stereocenters. The number of anilines is 1. The molecule has 1 aromatic carbocycles.